The van der Waals surface area contributed by atoms with Crippen LogP contribution in [0.3, 0.4) is 0 Å². The Bertz CT molecular complexity index is 440. The summed E-state index contributed by atoms with van der Waals surface area (Å²) in [6.45, 7) is 2.37. The number of hydroxylamine groups is 1. The largest absolute Gasteiger partial charge is 0.493 e. The van der Waals surface area contributed by atoms with Crippen LogP contribution in [0.5, 0.6) is 5.75 Å². The van der Waals surface area contributed by atoms with Crippen molar-refractivity contribution in [3.63, 3.8) is 0 Å². The topological polar surface area (TPSA) is 47.6 Å². The van der Waals surface area contributed by atoms with Gasteiger partial charge < -0.3 is 4.74 Å². The standard InChI is InChI=1S/C13H16F3NO3/c1-9-5-10(2)7-11(6-9)19-4-3-12(18)17-20-8-13(14,15)16/h5-7H,3-4,8H2,1-2H3,(H,17,18). The van der Waals surface area contributed by atoms with E-state index in [0.717, 1.165) is 11.1 Å². The summed E-state index contributed by atoms with van der Waals surface area (Å²) in [7, 11) is 0. The van der Waals surface area contributed by atoms with Crippen molar-refractivity contribution < 1.29 is 27.5 Å². The summed E-state index contributed by atoms with van der Waals surface area (Å²) in [5, 5.41) is 0. The van der Waals surface area contributed by atoms with Crippen LogP contribution in [0, 0.1) is 13.8 Å². The molecule has 0 heterocycles. The first-order valence-electron chi connectivity index (χ1n) is 5.95. The van der Waals surface area contributed by atoms with Crippen LogP contribution in [0.2, 0.25) is 0 Å². The van der Waals surface area contributed by atoms with E-state index in [4.69, 9.17) is 4.74 Å². The van der Waals surface area contributed by atoms with Crippen LogP contribution in [-0.4, -0.2) is 25.3 Å². The van der Waals surface area contributed by atoms with Gasteiger partial charge in [0.25, 0.3) is 0 Å². The molecule has 0 aliphatic rings. The van der Waals surface area contributed by atoms with E-state index in [2.05, 4.69) is 4.84 Å². The Morgan fingerprint density at radius 3 is 2.35 bits per heavy atom. The highest BCUT2D eigenvalue weighted by Gasteiger charge is 2.28. The minimum Gasteiger partial charge on any atom is -0.493 e. The number of rotatable bonds is 6. The molecule has 0 aromatic heterocycles. The maximum absolute atomic E-state index is 11.8. The fourth-order valence-corrected chi connectivity index (χ4v) is 1.53. The molecule has 4 nitrogen and oxygen atoms in total. The fraction of sp³-hybridized carbons (Fsp3) is 0.462. The van der Waals surface area contributed by atoms with Gasteiger partial charge in [0.2, 0.25) is 5.91 Å². The van der Waals surface area contributed by atoms with Crippen LogP contribution in [0.25, 0.3) is 0 Å². The van der Waals surface area contributed by atoms with Crippen molar-refractivity contribution in [3.8, 4) is 5.75 Å². The fourth-order valence-electron chi connectivity index (χ4n) is 1.53. The lowest BCUT2D eigenvalue weighted by molar-refractivity contribution is -0.191. The number of halogens is 3. The van der Waals surface area contributed by atoms with Crippen LogP contribution in [-0.2, 0) is 9.63 Å². The number of carbonyl (C=O) groups is 1. The van der Waals surface area contributed by atoms with Crippen molar-refractivity contribution in [1.29, 1.82) is 0 Å². The Morgan fingerprint density at radius 2 is 1.80 bits per heavy atom. The second kappa shape index (κ2) is 7.14. The lowest BCUT2D eigenvalue weighted by Crippen LogP contribution is -2.30. The molecule has 0 spiro atoms. The van der Waals surface area contributed by atoms with Gasteiger partial charge in [0.15, 0.2) is 6.61 Å². The minimum absolute atomic E-state index is 0.0596. The van der Waals surface area contributed by atoms with Gasteiger partial charge in [0.1, 0.15) is 5.75 Å². The Kier molecular flexibility index (Phi) is 5.82. The number of alkyl halides is 3. The van der Waals surface area contributed by atoms with Crippen LogP contribution in [0.4, 0.5) is 13.2 Å². The zero-order valence-electron chi connectivity index (χ0n) is 11.2. The second-order valence-electron chi connectivity index (χ2n) is 4.35. The molecule has 20 heavy (non-hydrogen) atoms. The average molecular weight is 291 g/mol. The van der Waals surface area contributed by atoms with Gasteiger partial charge in [-0.1, -0.05) is 6.07 Å². The van der Waals surface area contributed by atoms with Crippen molar-refractivity contribution in [2.45, 2.75) is 26.4 Å². The molecule has 0 saturated heterocycles. The molecule has 0 aliphatic carbocycles. The zero-order chi connectivity index (χ0) is 15.2. The number of nitrogens with one attached hydrogen (secondary N) is 1. The molecular weight excluding hydrogens is 275 g/mol. The van der Waals surface area contributed by atoms with E-state index in [1.165, 1.54) is 0 Å². The van der Waals surface area contributed by atoms with Crippen LogP contribution in [0.1, 0.15) is 17.5 Å². The van der Waals surface area contributed by atoms with Gasteiger partial charge in [-0.25, -0.2) is 5.48 Å². The van der Waals surface area contributed by atoms with Crippen LogP contribution in [0.15, 0.2) is 18.2 Å². The predicted octanol–water partition coefficient (Wildman–Crippen LogP) is 2.68. The maximum Gasteiger partial charge on any atom is 0.414 e. The second-order valence-corrected chi connectivity index (χ2v) is 4.35. The number of hydrogen-bond acceptors (Lipinski definition) is 3. The van der Waals surface area contributed by atoms with Gasteiger partial charge in [-0.2, -0.15) is 13.2 Å². The molecule has 0 saturated carbocycles. The van der Waals surface area contributed by atoms with E-state index in [1.54, 1.807) is 5.48 Å². The first kappa shape index (κ1) is 16.3. The van der Waals surface area contributed by atoms with Crippen LogP contribution < -0.4 is 10.2 Å². The Morgan fingerprint density at radius 1 is 1.20 bits per heavy atom. The Hall–Kier alpha value is -1.76. The molecular formula is C13H16F3NO3. The van der Waals surface area contributed by atoms with Crippen LogP contribution >= 0.6 is 0 Å². The summed E-state index contributed by atoms with van der Waals surface area (Å²) in [6.07, 6.45) is -4.56. The molecule has 0 unspecified atom stereocenters. The van der Waals surface area contributed by atoms with Crippen molar-refractivity contribution in [3.05, 3.63) is 29.3 Å². The third-order valence-corrected chi connectivity index (χ3v) is 2.21. The third-order valence-electron chi connectivity index (χ3n) is 2.21. The summed E-state index contributed by atoms with van der Waals surface area (Å²) in [5.74, 6) is -0.0508. The number of ether oxygens (including phenoxy) is 1. The first-order valence-corrected chi connectivity index (χ1v) is 5.95. The molecule has 7 heteroatoms. The zero-order valence-corrected chi connectivity index (χ0v) is 11.2. The van der Waals surface area contributed by atoms with E-state index in [1.807, 2.05) is 32.0 Å². The summed E-state index contributed by atoms with van der Waals surface area (Å²) < 4.78 is 40.6. The number of amides is 1. The van der Waals surface area contributed by atoms with Gasteiger partial charge in [0.05, 0.1) is 13.0 Å². The number of benzene rings is 1. The molecule has 1 amide bonds. The van der Waals surface area contributed by atoms with Crippen molar-refractivity contribution in [2.75, 3.05) is 13.2 Å². The van der Waals surface area contributed by atoms with Crippen molar-refractivity contribution >= 4 is 5.91 Å². The lowest BCUT2D eigenvalue weighted by atomic mass is 10.1. The highest BCUT2D eigenvalue weighted by atomic mass is 19.4. The lowest BCUT2D eigenvalue weighted by Gasteiger charge is -2.10. The first-order chi connectivity index (χ1) is 9.26. The number of hydrogen-bond donors (Lipinski definition) is 1. The molecule has 0 radical (unpaired) electrons. The molecule has 0 fully saturated rings. The minimum atomic E-state index is -4.47. The Labute approximate surface area is 114 Å². The highest BCUT2D eigenvalue weighted by molar-refractivity contribution is 5.74. The third kappa shape index (κ3) is 6.98. The Balaban J connectivity index is 2.25. The van der Waals surface area contributed by atoms with E-state index in [9.17, 15) is 18.0 Å². The molecule has 1 aromatic rings. The van der Waals surface area contributed by atoms with Crippen molar-refractivity contribution in [1.82, 2.24) is 5.48 Å². The molecule has 0 bridgehead atoms. The maximum atomic E-state index is 11.8. The van der Waals surface area contributed by atoms with Gasteiger partial charge in [0, 0.05) is 0 Å². The summed E-state index contributed by atoms with van der Waals surface area (Å²) in [6, 6.07) is 5.60. The molecule has 0 aliphatic heterocycles. The van der Waals surface area contributed by atoms with Gasteiger partial charge in [-0.05, 0) is 37.1 Å². The van der Waals surface area contributed by atoms with E-state index < -0.39 is 18.7 Å². The molecule has 112 valence electrons. The van der Waals surface area contributed by atoms with Gasteiger partial charge >= 0.3 is 6.18 Å². The average Bonchev–Trinajstić information content (AvgIpc) is 2.25. The number of carbonyl (C=O) groups excluding carboxylic acids is 1. The molecule has 1 N–H and O–H groups in total. The molecule has 1 aromatic carbocycles. The van der Waals surface area contributed by atoms with E-state index in [-0.39, 0.29) is 13.0 Å². The predicted molar refractivity (Wildman–Crippen MR) is 66.2 cm³/mol. The van der Waals surface area contributed by atoms with E-state index in [0.29, 0.717) is 5.75 Å². The van der Waals surface area contributed by atoms with Gasteiger partial charge in [-0.15, -0.1) is 0 Å². The molecule has 1 rings (SSSR count). The highest BCUT2D eigenvalue weighted by Crippen LogP contribution is 2.16. The monoisotopic (exact) mass is 291 g/mol. The SMILES string of the molecule is Cc1cc(C)cc(OCCC(=O)NOCC(F)(F)F)c1. The normalized spacial score (nSPS) is 11.2. The number of aryl methyl sites for hydroxylation is 2. The smallest absolute Gasteiger partial charge is 0.414 e. The van der Waals surface area contributed by atoms with Crippen molar-refractivity contribution in [2.24, 2.45) is 0 Å². The summed E-state index contributed by atoms with van der Waals surface area (Å²) >= 11 is 0. The quantitative estimate of drug-likeness (QED) is 0.820. The van der Waals surface area contributed by atoms with E-state index >= 15 is 0 Å². The van der Waals surface area contributed by atoms with Gasteiger partial charge in [-0.3, -0.25) is 9.63 Å². The summed E-state index contributed by atoms with van der Waals surface area (Å²) in [4.78, 5) is 15.2. The molecule has 0 atom stereocenters. The summed E-state index contributed by atoms with van der Waals surface area (Å²) in [5.41, 5.74) is 3.76.